The minimum absolute atomic E-state index is 0.175. The number of oxazole rings is 1. The Morgan fingerprint density at radius 1 is 1.06 bits per heavy atom. The van der Waals surface area contributed by atoms with Gasteiger partial charge in [-0.25, -0.2) is 13.6 Å². The van der Waals surface area contributed by atoms with Gasteiger partial charge in [0.1, 0.15) is 0 Å². The SMILES string of the molecule is [2H]C([2H])(c1ccc(C(F)F)cc1)N1CC[C@@H](N2CCC(c3ccc4[nH]c(=O)oc4c3)CC2)C1=O. The molecule has 2 aliphatic heterocycles. The first-order valence-corrected chi connectivity index (χ1v) is 10.8. The summed E-state index contributed by atoms with van der Waals surface area (Å²) in [5, 5.41) is 0. The van der Waals surface area contributed by atoms with Crippen molar-refractivity contribution in [3.05, 3.63) is 69.7 Å². The Kier molecular flexibility index (Phi) is 4.93. The zero-order valence-electron chi connectivity index (χ0n) is 19.4. The smallest absolute Gasteiger partial charge is 0.408 e. The number of amides is 1. The molecule has 2 aromatic carbocycles. The van der Waals surface area contributed by atoms with E-state index in [1.54, 1.807) is 0 Å². The van der Waals surface area contributed by atoms with Gasteiger partial charge in [0.15, 0.2) is 5.58 Å². The topological polar surface area (TPSA) is 69.6 Å². The highest BCUT2D eigenvalue weighted by Gasteiger charge is 2.37. The molecule has 2 fully saturated rings. The van der Waals surface area contributed by atoms with Crippen molar-refractivity contribution >= 4 is 17.0 Å². The van der Waals surface area contributed by atoms with Gasteiger partial charge in [0.2, 0.25) is 5.91 Å². The molecule has 8 heteroatoms. The van der Waals surface area contributed by atoms with Crippen LogP contribution in [0.1, 0.15) is 51.0 Å². The highest BCUT2D eigenvalue weighted by Crippen LogP contribution is 2.32. The summed E-state index contributed by atoms with van der Waals surface area (Å²) in [6.45, 7) is -0.386. The lowest BCUT2D eigenvalue weighted by Gasteiger charge is -2.35. The summed E-state index contributed by atoms with van der Waals surface area (Å²) < 4.78 is 47.9. The number of hydrogen-bond donors (Lipinski definition) is 1. The highest BCUT2D eigenvalue weighted by molar-refractivity contribution is 5.84. The normalized spacial score (nSPS) is 22.0. The van der Waals surface area contributed by atoms with Crippen LogP contribution in [0.25, 0.3) is 11.1 Å². The van der Waals surface area contributed by atoms with Gasteiger partial charge < -0.3 is 9.32 Å². The van der Waals surface area contributed by atoms with Gasteiger partial charge in [-0.2, -0.15) is 0 Å². The van der Waals surface area contributed by atoms with Gasteiger partial charge in [0.05, 0.1) is 14.3 Å². The van der Waals surface area contributed by atoms with E-state index in [0.717, 1.165) is 18.4 Å². The number of carbonyl (C=O) groups is 1. The van der Waals surface area contributed by atoms with Crippen LogP contribution in [0.5, 0.6) is 0 Å². The van der Waals surface area contributed by atoms with Crippen LogP contribution in [-0.2, 0) is 11.3 Å². The lowest BCUT2D eigenvalue weighted by molar-refractivity contribution is -0.133. The largest absolute Gasteiger partial charge is 0.417 e. The molecule has 1 aromatic heterocycles. The van der Waals surface area contributed by atoms with Crippen molar-refractivity contribution < 1.29 is 20.7 Å². The Bertz CT molecular complexity index is 1250. The maximum atomic E-state index is 13.2. The molecular formula is C24H25F2N3O3. The first-order chi connectivity index (χ1) is 16.2. The number of likely N-dealkylation sites (tertiary alicyclic amines) is 2. The van der Waals surface area contributed by atoms with E-state index in [1.807, 2.05) is 18.2 Å². The fourth-order valence-corrected chi connectivity index (χ4v) is 4.73. The summed E-state index contributed by atoms with van der Waals surface area (Å²) in [5.74, 6) is -0.457. The monoisotopic (exact) mass is 443 g/mol. The Morgan fingerprint density at radius 2 is 1.81 bits per heavy atom. The van der Waals surface area contributed by atoms with E-state index in [1.165, 1.54) is 29.2 Å². The summed E-state index contributed by atoms with van der Waals surface area (Å²) in [4.78, 5) is 30.6. The zero-order chi connectivity index (χ0) is 24.0. The molecule has 6 nitrogen and oxygen atoms in total. The number of piperidine rings is 1. The van der Waals surface area contributed by atoms with Crippen LogP contribution < -0.4 is 5.76 Å². The first kappa shape index (κ1) is 18.6. The van der Waals surface area contributed by atoms with Crippen molar-refractivity contribution in [2.24, 2.45) is 0 Å². The molecule has 0 saturated carbocycles. The second-order valence-corrected chi connectivity index (χ2v) is 8.41. The van der Waals surface area contributed by atoms with Gasteiger partial charge in [-0.15, -0.1) is 0 Å². The number of hydrogen-bond acceptors (Lipinski definition) is 4. The van der Waals surface area contributed by atoms with Gasteiger partial charge in [-0.1, -0.05) is 30.3 Å². The Morgan fingerprint density at radius 3 is 2.53 bits per heavy atom. The molecule has 5 rings (SSSR count). The summed E-state index contributed by atoms with van der Waals surface area (Å²) in [5.41, 5.74) is 2.32. The molecule has 0 bridgehead atoms. The average Bonchev–Trinajstić information content (AvgIpc) is 3.40. The molecule has 3 heterocycles. The standard InChI is InChI=1S/C24H25F2N3O3/c25-22(26)17-3-1-15(2-4-17)14-29-12-9-20(23(29)30)28-10-7-16(8-11-28)18-5-6-19-21(13-18)32-24(31)27-19/h1-6,13,16,20,22H,7-12,14H2,(H,27,31)/t20-/m1/s1/i14D2. The van der Waals surface area contributed by atoms with Gasteiger partial charge in [-0.3, -0.25) is 14.7 Å². The van der Waals surface area contributed by atoms with Gasteiger partial charge >= 0.3 is 5.76 Å². The average molecular weight is 443 g/mol. The number of aromatic amines is 1. The van der Waals surface area contributed by atoms with Gasteiger partial charge in [0, 0.05) is 18.6 Å². The number of nitrogens with zero attached hydrogens (tertiary/aromatic N) is 2. The highest BCUT2D eigenvalue weighted by atomic mass is 19.3. The molecule has 0 unspecified atom stereocenters. The Labute approximate surface area is 186 Å². The van der Waals surface area contributed by atoms with Crippen molar-refractivity contribution in [2.75, 3.05) is 19.6 Å². The van der Waals surface area contributed by atoms with Crippen LogP contribution in [0.4, 0.5) is 8.78 Å². The van der Waals surface area contributed by atoms with E-state index in [2.05, 4.69) is 9.88 Å². The third-order valence-corrected chi connectivity index (χ3v) is 6.49. The van der Waals surface area contributed by atoms with Crippen molar-refractivity contribution in [3.63, 3.8) is 0 Å². The maximum Gasteiger partial charge on any atom is 0.417 e. The van der Waals surface area contributed by atoms with Crippen LogP contribution in [-0.4, -0.2) is 46.4 Å². The molecule has 0 aliphatic carbocycles. The summed E-state index contributed by atoms with van der Waals surface area (Å²) in [6.07, 6.45) is -0.416. The zero-order valence-corrected chi connectivity index (χ0v) is 17.4. The lowest BCUT2D eigenvalue weighted by Crippen LogP contribution is -2.45. The number of alkyl halides is 2. The van der Waals surface area contributed by atoms with E-state index < -0.39 is 18.7 Å². The van der Waals surface area contributed by atoms with Crippen LogP contribution in [0.2, 0.25) is 0 Å². The molecule has 0 spiro atoms. The van der Waals surface area contributed by atoms with Gasteiger partial charge in [0.25, 0.3) is 6.43 Å². The van der Waals surface area contributed by atoms with E-state index in [9.17, 15) is 18.4 Å². The van der Waals surface area contributed by atoms with Crippen LogP contribution in [0.15, 0.2) is 51.7 Å². The Balaban J connectivity index is 1.24. The summed E-state index contributed by atoms with van der Waals surface area (Å²) >= 11 is 0. The third kappa shape index (κ3) is 4.07. The molecule has 1 N–H and O–H groups in total. The second kappa shape index (κ2) is 8.50. The number of H-pyrrole nitrogens is 1. The van der Waals surface area contributed by atoms with E-state index in [4.69, 9.17) is 7.16 Å². The van der Waals surface area contributed by atoms with E-state index in [-0.39, 0.29) is 35.5 Å². The fraction of sp³-hybridized carbons (Fsp3) is 0.417. The molecule has 32 heavy (non-hydrogen) atoms. The molecule has 3 aromatic rings. The Hall–Kier alpha value is -3.00. The van der Waals surface area contributed by atoms with Crippen molar-refractivity contribution in [1.82, 2.24) is 14.8 Å². The minimum atomic E-state index is -2.62. The maximum absolute atomic E-state index is 13.2. The number of rotatable bonds is 5. The lowest BCUT2D eigenvalue weighted by atomic mass is 9.88. The minimum Gasteiger partial charge on any atom is -0.408 e. The fourth-order valence-electron chi connectivity index (χ4n) is 4.73. The number of benzene rings is 2. The molecular weight excluding hydrogens is 416 g/mol. The second-order valence-electron chi connectivity index (χ2n) is 8.41. The van der Waals surface area contributed by atoms with E-state index in [0.29, 0.717) is 30.6 Å². The van der Waals surface area contributed by atoms with Crippen LogP contribution in [0.3, 0.4) is 0 Å². The number of nitrogens with one attached hydrogen (secondary N) is 1. The summed E-state index contributed by atoms with van der Waals surface area (Å²) in [6, 6.07) is 10.4. The summed E-state index contributed by atoms with van der Waals surface area (Å²) in [7, 11) is 0. The predicted octanol–water partition coefficient (Wildman–Crippen LogP) is 4.04. The molecule has 1 amide bonds. The number of carbonyl (C=O) groups excluding carboxylic acids is 1. The van der Waals surface area contributed by atoms with Gasteiger partial charge in [-0.05, 0) is 61.5 Å². The van der Waals surface area contributed by atoms with Crippen molar-refractivity contribution in [3.8, 4) is 0 Å². The third-order valence-electron chi connectivity index (χ3n) is 6.49. The van der Waals surface area contributed by atoms with E-state index >= 15 is 0 Å². The molecule has 168 valence electrons. The number of fused-ring (bicyclic) bond motifs is 1. The molecule has 2 aliphatic rings. The van der Waals surface area contributed by atoms with Crippen molar-refractivity contribution in [2.45, 2.75) is 44.1 Å². The van der Waals surface area contributed by atoms with Crippen LogP contribution >= 0.6 is 0 Å². The first-order valence-electron chi connectivity index (χ1n) is 11.8. The molecule has 1 atom stereocenters. The number of aromatic nitrogens is 1. The van der Waals surface area contributed by atoms with Crippen molar-refractivity contribution in [1.29, 1.82) is 0 Å². The molecule has 2 saturated heterocycles. The molecule has 0 radical (unpaired) electrons. The number of halogens is 2. The quantitative estimate of drug-likeness (QED) is 0.646. The van der Waals surface area contributed by atoms with Crippen LogP contribution in [0, 0.1) is 0 Å². The predicted molar refractivity (Wildman–Crippen MR) is 116 cm³/mol.